The Morgan fingerprint density at radius 3 is 2.94 bits per heavy atom. The smallest absolute Gasteiger partial charge is 0.0409 e. The molecule has 2 saturated heterocycles. The van der Waals surface area contributed by atoms with Crippen LogP contribution in [0.5, 0.6) is 0 Å². The lowest BCUT2D eigenvalue weighted by Crippen LogP contribution is -2.28. The maximum absolute atomic E-state index is 6.02. The van der Waals surface area contributed by atoms with Gasteiger partial charge in [-0.25, -0.2) is 0 Å². The molecule has 0 saturated carbocycles. The fourth-order valence-corrected chi connectivity index (χ4v) is 3.41. The van der Waals surface area contributed by atoms with E-state index in [1.807, 2.05) is 12.1 Å². The molecule has 0 aromatic heterocycles. The summed E-state index contributed by atoms with van der Waals surface area (Å²) in [7, 11) is 0. The number of halogens is 2. The van der Waals surface area contributed by atoms with Crippen LogP contribution in [0.3, 0.4) is 0 Å². The van der Waals surface area contributed by atoms with Gasteiger partial charge in [0.25, 0.3) is 0 Å². The maximum atomic E-state index is 6.02. The van der Waals surface area contributed by atoms with E-state index in [0.29, 0.717) is 5.41 Å². The van der Waals surface area contributed by atoms with Crippen molar-refractivity contribution in [1.82, 2.24) is 10.2 Å². The molecule has 18 heavy (non-hydrogen) atoms. The lowest BCUT2D eigenvalue weighted by Gasteiger charge is -2.22. The second-order valence-electron chi connectivity index (χ2n) is 5.52. The van der Waals surface area contributed by atoms with Gasteiger partial charge in [0.1, 0.15) is 0 Å². The first-order valence-electron chi connectivity index (χ1n) is 6.43. The molecule has 0 amide bonds. The zero-order chi connectivity index (χ0) is 11.7. The van der Waals surface area contributed by atoms with Gasteiger partial charge in [-0.2, -0.15) is 0 Å². The van der Waals surface area contributed by atoms with Crippen molar-refractivity contribution in [2.75, 3.05) is 26.2 Å². The minimum atomic E-state index is 0. The highest BCUT2D eigenvalue weighted by molar-refractivity contribution is 6.30. The number of nitrogens with zero attached hydrogens (tertiary/aromatic N) is 1. The summed E-state index contributed by atoms with van der Waals surface area (Å²) in [5, 5.41) is 4.35. The molecule has 1 unspecified atom stereocenters. The van der Waals surface area contributed by atoms with Crippen LogP contribution in [0.4, 0.5) is 0 Å². The fourth-order valence-electron chi connectivity index (χ4n) is 3.20. The molecule has 4 heteroatoms. The Hall–Kier alpha value is -0.280. The van der Waals surface area contributed by atoms with Gasteiger partial charge in [0.05, 0.1) is 0 Å². The van der Waals surface area contributed by atoms with Crippen molar-refractivity contribution in [1.29, 1.82) is 0 Å². The SMILES string of the molecule is Cl.Clc1cccc(CN2CCC3(CCNC3)C2)c1. The van der Waals surface area contributed by atoms with Gasteiger partial charge in [0.15, 0.2) is 0 Å². The van der Waals surface area contributed by atoms with Crippen LogP contribution < -0.4 is 5.32 Å². The van der Waals surface area contributed by atoms with Gasteiger partial charge in [-0.1, -0.05) is 23.7 Å². The second kappa shape index (κ2) is 5.79. The number of likely N-dealkylation sites (tertiary alicyclic amines) is 1. The summed E-state index contributed by atoms with van der Waals surface area (Å²) >= 11 is 6.02. The monoisotopic (exact) mass is 286 g/mol. The van der Waals surface area contributed by atoms with E-state index in [0.717, 1.165) is 11.6 Å². The summed E-state index contributed by atoms with van der Waals surface area (Å²) in [6.07, 6.45) is 2.69. The summed E-state index contributed by atoms with van der Waals surface area (Å²) in [5.74, 6) is 0. The average molecular weight is 287 g/mol. The number of nitrogens with one attached hydrogen (secondary N) is 1. The maximum Gasteiger partial charge on any atom is 0.0409 e. The van der Waals surface area contributed by atoms with Gasteiger partial charge in [-0.15, -0.1) is 12.4 Å². The quantitative estimate of drug-likeness (QED) is 0.899. The molecule has 1 N–H and O–H groups in total. The molecule has 2 aliphatic rings. The Kier molecular flexibility index (Phi) is 4.54. The first-order chi connectivity index (χ1) is 8.26. The van der Waals surface area contributed by atoms with Gasteiger partial charge in [-0.05, 0) is 49.0 Å². The third-order valence-electron chi connectivity index (χ3n) is 4.14. The molecule has 100 valence electrons. The van der Waals surface area contributed by atoms with E-state index in [4.69, 9.17) is 11.6 Å². The number of hydrogen-bond donors (Lipinski definition) is 1. The second-order valence-corrected chi connectivity index (χ2v) is 5.95. The highest BCUT2D eigenvalue weighted by Crippen LogP contribution is 2.36. The van der Waals surface area contributed by atoms with Crippen LogP contribution in [0.1, 0.15) is 18.4 Å². The molecule has 0 bridgehead atoms. The van der Waals surface area contributed by atoms with Crippen LogP contribution in [0, 0.1) is 5.41 Å². The standard InChI is InChI=1S/C14H19ClN2.ClH/c15-13-3-1-2-12(8-13)9-17-7-5-14(11-17)4-6-16-10-14;/h1-3,8,16H,4-7,9-11H2;1H. The molecule has 0 aliphatic carbocycles. The highest BCUT2D eigenvalue weighted by atomic mass is 35.5. The Morgan fingerprint density at radius 2 is 2.22 bits per heavy atom. The van der Waals surface area contributed by atoms with E-state index in [2.05, 4.69) is 22.3 Å². The van der Waals surface area contributed by atoms with Crippen molar-refractivity contribution < 1.29 is 0 Å². The van der Waals surface area contributed by atoms with Crippen LogP contribution in [0.2, 0.25) is 5.02 Å². The van der Waals surface area contributed by atoms with E-state index >= 15 is 0 Å². The molecule has 1 atom stereocenters. The Bertz CT molecular complexity index is 403. The van der Waals surface area contributed by atoms with Crippen molar-refractivity contribution in [3.05, 3.63) is 34.9 Å². The molecule has 1 aromatic rings. The predicted octanol–water partition coefficient (Wildman–Crippen LogP) is 2.95. The van der Waals surface area contributed by atoms with Crippen molar-refractivity contribution in [2.45, 2.75) is 19.4 Å². The number of hydrogen-bond acceptors (Lipinski definition) is 2. The van der Waals surface area contributed by atoms with E-state index in [1.54, 1.807) is 0 Å². The molecule has 3 rings (SSSR count). The molecule has 0 radical (unpaired) electrons. The van der Waals surface area contributed by atoms with Gasteiger partial charge in [-0.3, -0.25) is 4.90 Å². The van der Waals surface area contributed by atoms with Crippen LogP contribution in [0.25, 0.3) is 0 Å². The first-order valence-corrected chi connectivity index (χ1v) is 6.81. The number of rotatable bonds is 2. The van der Waals surface area contributed by atoms with Crippen molar-refractivity contribution in [3.8, 4) is 0 Å². The molecule has 2 nitrogen and oxygen atoms in total. The van der Waals surface area contributed by atoms with Gasteiger partial charge < -0.3 is 5.32 Å². The lowest BCUT2D eigenvalue weighted by atomic mass is 9.87. The van der Waals surface area contributed by atoms with Crippen LogP contribution in [0.15, 0.2) is 24.3 Å². The largest absolute Gasteiger partial charge is 0.316 e. The summed E-state index contributed by atoms with van der Waals surface area (Å²) in [5.41, 5.74) is 1.90. The average Bonchev–Trinajstić information content (AvgIpc) is 2.90. The fraction of sp³-hybridized carbons (Fsp3) is 0.571. The summed E-state index contributed by atoms with van der Waals surface area (Å²) < 4.78 is 0. The Balaban J connectivity index is 0.00000120. The van der Waals surface area contributed by atoms with Gasteiger partial charge in [0, 0.05) is 24.7 Å². The summed E-state index contributed by atoms with van der Waals surface area (Å²) in [6.45, 7) is 5.92. The van der Waals surface area contributed by atoms with E-state index < -0.39 is 0 Å². The van der Waals surface area contributed by atoms with Gasteiger partial charge >= 0.3 is 0 Å². The molecular formula is C14H20Cl2N2. The highest BCUT2D eigenvalue weighted by Gasteiger charge is 2.39. The molecule has 1 aromatic carbocycles. The molecule has 1 spiro atoms. The Morgan fingerprint density at radius 1 is 1.33 bits per heavy atom. The Labute approximate surface area is 120 Å². The van der Waals surface area contributed by atoms with Crippen LogP contribution in [-0.2, 0) is 6.54 Å². The van der Waals surface area contributed by atoms with Crippen molar-refractivity contribution in [2.24, 2.45) is 5.41 Å². The summed E-state index contributed by atoms with van der Waals surface area (Å²) in [4.78, 5) is 2.57. The minimum absolute atomic E-state index is 0. The molecule has 2 fully saturated rings. The third-order valence-corrected chi connectivity index (χ3v) is 4.38. The van der Waals surface area contributed by atoms with Crippen molar-refractivity contribution in [3.63, 3.8) is 0 Å². The zero-order valence-electron chi connectivity index (χ0n) is 10.5. The lowest BCUT2D eigenvalue weighted by molar-refractivity contribution is 0.268. The van der Waals surface area contributed by atoms with E-state index in [1.165, 1.54) is 44.6 Å². The minimum Gasteiger partial charge on any atom is -0.316 e. The van der Waals surface area contributed by atoms with E-state index in [-0.39, 0.29) is 12.4 Å². The summed E-state index contributed by atoms with van der Waals surface area (Å²) in [6, 6.07) is 8.24. The zero-order valence-corrected chi connectivity index (χ0v) is 12.1. The first kappa shape index (κ1) is 14.1. The molecule has 2 aliphatic heterocycles. The van der Waals surface area contributed by atoms with Crippen LogP contribution >= 0.6 is 24.0 Å². The molecular weight excluding hydrogens is 267 g/mol. The predicted molar refractivity (Wildman–Crippen MR) is 78.5 cm³/mol. The topological polar surface area (TPSA) is 15.3 Å². The number of benzene rings is 1. The van der Waals surface area contributed by atoms with Crippen LogP contribution in [-0.4, -0.2) is 31.1 Å². The van der Waals surface area contributed by atoms with Crippen molar-refractivity contribution >= 4 is 24.0 Å². The van der Waals surface area contributed by atoms with E-state index in [9.17, 15) is 0 Å². The third kappa shape index (κ3) is 3.00. The molecule has 2 heterocycles. The normalized spacial score (nSPS) is 27.6. The van der Waals surface area contributed by atoms with Gasteiger partial charge in [0.2, 0.25) is 0 Å².